The van der Waals surface area contributed by atoms with E-state index in [1.54, 1.807) is 6.07 Å². The maximum Gasteiger partial charge on any atom is 0.248 e. The Balaban J connectivity index is 1.45. The molecule has 0 unspecified atom stereocenters. The van der Waals surface area contributed by atoms with Gasteiger partial charge in [-0.2, -0.15) is 4.80 Å². The van der Waals surface area contributed by atoms with Gasteiger partial charge in [0.25, 0.3) is 0 Å². The van der Waals surface area contributed by atoms with Crippen LogP contribution in [0.15, 0.2) is 48.5 Å². The summed E-state index contributed by atoms with van der Waals surface area (Å²) in [6.45, 7) is 1.93. The lowest BCUT2D eigenvalue weighted by Gasteiger charge is -2.08. The topological polar surface area (TPSA) is 102 Å². The zero-order valence-electron chi connectivity index (χ0n) is 15.4. The van der Waals surface area contributed by atoms with Gasteiger partial charge >= 0.3 is 0 Å². The number of aryl methyl sites for hydroxylation is 1. The quantitative estimate of drug-likeness (QED) is 0.689. The van der Waals surface area contributed by atoms with Crippen molar-refractivity contribution in [3.05, 3.63) is 54.1 Å². The Morgan fingerprint density at radius 1 is 1.07 bits per heavy atom. The van der Waals surface area contributed by atoms with E-state index in [0.29, 0.717) is 22.8 Å². The van der Waals surface area contributed by atoms with Crippen LogP contribution >= 0.6 is 0 Å². The van der Waals surface area contributed by atoms with Gasteiger partial charge < -0.3 is 10.6 Å². The number of nitrogens with one attached hydrogen (secondary N) is 2. The molecule has 0 spiro atoms. The molecule has 8 nitrogen and oxygen atoms in total. The highest BCUT2D eigenvalue weighted by Gasteiger charge is 2.30. The molecule has 0 atom stereocenters. The summed E-state index contributed by atoms with van der Waals surface area (Å²) >= 11 is 0. The van der Waals surface area contributed by atoms with Crippen LogP contribution < -0.4 is 10.6 Å². The van der Waals surface area contributed by atoms with Crippen molar-refractivity contribution in [2.45, 2.75) is 26.3 Å². The lowest BCUT2D eigenvalue weighted by Crippen LogP contribution is -2.20. The van der Waals surface area contributed by atoms with Crippen LogP contribution in [0.3, 0.4) is 0 Å². The zero-order valence-corrected chi connectivity index (χ0v) is 15.4. The first-order valence-electron chi connectivity index (χ1n) is 9.13. The van der Waals surface area contributed by atoms with Gasteiger partial charge in [0.2, 0.25) is 17.6 Å². The van der Waals surface area contributed by atoms with E-state index < -0.39 is 0 Å². The minimum absolute atomic E-state index is 0.0114. The van der Waals surface area contributed by atoms with Crippen LogP contribution in [0.2, 0.25) is 0 Å². The number of rotatable bonds is 6. The molecule has 1 aliphatic rings. The summed E-state index contributed by atoms with van der Waals surface area (Å²) < 4.78 is 0. The van der Waals surface area contributed by atoms with Crippen LogP contribution in [0.25, 0.3) is 11.4 Å². The molecule has 4 rings (SSSR count). The van der Waals surface area contributed by atoms with Gasteiger partial charge in [0.1, 0.15) is 6.54 Å². The number of para-hydroxylation sites is 1. The Bertz CT molecular complexity index is 1010. The van der Waals surface area contributed by atoms with Crippen molar-refractivity contribution >= 4 is 23.2 Å². The molecule has 1 heterocycles. The van der Waals surface area contributed by atoms with Crippen molar-refractivity contribution in [1.82, 2.24) is 20.2 Å². The molecule has 28 heavy (non-hydrogen) atoms. The monoisotopic (exact) mass is 376 g/mol. The third-order valence-electron chi connectivity index (χ3n) is 4.45. The second-order valence-electron chi connectivity index (χ2n) is 6.87. The second-order valence-corrected chi connectivity index (χ2v) is 6.87. The average molecular weight is 376 g/mol. The van der Waals surface area contributed by atoms with Crippen LogP contribution in [0, 0.1) is 12.8 Å². The van der Waals surface area contributed by atoms with Gasteiger partial charge in [-0.05, 0) is 49.2 Å². The van der Waals surface area contributed by atoms with Crippen molar-refractivity contribution in [2.75, 3.05) is 10.6 Å². The number of aromatic nitrogens is 4. The smallest absolute Gasteiger partial charge is 0.248 e. The average Bonchev–Trinajstić information content (AvgIpc) is 3.44. The summed E-state index contributed by atoms with van der Waals surface area (Å²) in [6, 6.07) is 14.8. The van der Waals surface area contributed by atoms with E-state index in [9.17, 15) is 9.59 Å². The summed E-state index contributed by atoms with van der Waals surface area (Å²) in [5.74, 6) is 0.220. The molecule has 8 heteroatoms. The Kier molecular flexibility index (Phi) is 4.84. The molecule has 2 N–H and O–H groups in total. The van der Waals surface area contributed by atoms with E-state index in [1.807, 2.05) is 49.4 Å². The number of hydrogen-bond donors (Lipinski definition) is 2. The first kappa shape index (κ1) is 17.8. The zero-order chi connectivity index (χ0) is 19.5. The Morgan fingerprint density at radius 2 is 1.82 bits per heavy atom. The third kappa shape index (κ3) is 4.22. The number of anilines is 2. The third-order valence-corrected chi connectivity index (χ3v) is 4.45. The number of carbonyl (C=O) groups excluding carboxylic acids is 2. The SMILES string of the molecule is Cc1ccc(NC(=O)Cn2nnc(-c3ccccc3NC(=O)C3CC3)n2)cc1. The van der Waals surface area contributed by atoms with E-state index >= 15 is 0 Å². The molecule has 0 aliphatic heterocycles. The molecule has 3 aromatic rings. The largest absolute Gasteiger partial charge is 0.325 e. The molecular weight excluding hydrogens is 356 g/mol. The van der Waals surface area contributed by atoms with Crippen LogP contribution in [-0.4, -0.2) is 32.0 Å². The van der Waals surface area contributed by atoms with Crippen molar-refractivity contribution < 1.29 is 9.59 Å². The lowest BCUT2D eigenvalue weighted by atomic mass is 10.1. The fraction of sp³-hybridized carbons (Fsp3) is 0.250. The van der Waals surface area contributed by atoms with E-state index in [0.717, 1.165) is 18.4 Å². The molecule has 0 radical (unpaired) electrons. The van der Waals surface area contributed by atoms with Crippen LogP contribution in [0.4, 0.5) is 11.4 Å². The predicted octanol–water partition coefficient (Wildman–Crippen LogP) is 2.64. The number of tetrazole rings is 1. The van der Waals surface area contributed by atoms with Crippen molar-refractivity contribution in [2.24, 2.45) is 5.92 Å². The molecule has 1 aliphatic carbocycles. The standard InChI is InChI=1S/C20H20N6O2/c1-13-6-10-15(11-7-13)21-18(27)12-26-24-19(23-25-26)16-4-2-3-5-17(16)22-20(28)14-8-9-14/h2-7,10-11,14H,8-9,12H2,1H3,(H,21,27)(H,22,28). The number of carbonyl (C=O) groups is 2. The van der Waals surface area contributed by atoms with E-state index in [-0.39, 0.29) is 24.3 Å². The second kappa shape index (κ2) is 7.59. The minimum Gasteiger partial charge on any atom is -0.325 e. The molecule has 2 amide bonds. The predicted molar refractivity (Wildman–Crippen MR) is 104 cm³/mol. The first-order valence-corrected chi connectivity index (χ1v) is 9.13. The van der Waals surface area contributed by atoms with Gasteiger partial charge in [-0.15, -0.1) is 10.2 Å². The number of nitrogens with zero attached hydrogens (tertiary/aromatic N) is 4. The molecule has 2 aromatic carbocycles. The van der Waals surface area contributed by atoms with E-state index in [4.69, 9.17) is 0 Å². The van der Waals surface area contributed by atoms with Gasteiger partial charge in [0.15, 0.2) is 0 Å². The Morgan fingerprint density at radius 3 is 2.57 bits per heavy atom. The summed E-state index contributed by atoms with van der Waals surface area (Å²) in [5.41, 5.74) is 3.14. The van der Waals surface area contributed by atoms with Crippen LogP contribution in [0.1, 0.15) is 18.4 Å². The summed E-state index contributed by atoms with van der Waals surface area (Å²) in [6.07, 6.45) is 1.86. The summed E-state index contributed by atoms with van der Waals surface area (Å²) in [5, 5.41) is 18.0. The molecule has 0 bridgehead atoms. The van der Waals surface area contributed by atoms with Crippen LogP contribution in [-0.2, 0) is 16.1 Å². The number of amides is 2. The van der Waals surface area contributed by atoms with Gasteiger partial charge in [-0.3, -0.25) is 9.59 Å². The highest BCUT2D eigenvalue weighted by molar-refractivity contribution is 5.97. The van der Waals surface area contributed by atoms with Gasteiger partial charge in [-0.25, -0.2) is 0 Å². The number of hydrogen-bond acceptors (Lipinski definition) is 5. The molecule has 1 fully saturated rings. The number of benzene rings is 2. The maximum atomic E-state index is 12.2. The highest BCUT2D eigenvalue weighted by Crippen LogP contribution is 2.32. The summed E-state index contributed by atoms with van der Waals surface area (Å²) in [4.78, 5) is 25.5. The molecule has 1 aromatic heterocycles. The summed E-state index contributed by atoms with van der Waals surface area (Å²) in [7, 11) is 0. The fourth-order valence-corrected chi connectivity index (χ4v) is 2.75. The molecule has 0 saturated heterocycles. The van der Waals surface area contributed by atoms with Crippen molar-refractivity contribution in [3.8, 4) is 11.4 Å². The van der Waals surface area contributed by atoms with E-state index in [1.165, 1.54) is 4.80 Å². The first-order chi connectivity index (χ1) is 13.6. The maximum absolute atomic E-state index is 12.2. The minimum atomic E-state index is -0.247. The van der Waals surface area contributed by atoms with Gasteiger partial charge in [0, 0.05) is 17.2 Å². The van der Waals surface area contributed by atoms with Gasteiger partial charge in [-0.1, -0.05) is 29.8 Å². The fourth-order valence-electron chi connectivity index (χ4n) is 2.75. The molecule has 142 valence electrons. The normalized spacial score (nSPS) is 13.2. The van der Waals surface area contributed by atoms with E-state index in [2.05, 4.69) is 26.0 Å². The van der Waals surface area contributed by atoms with Crippen molar-refractivity contribution in [1.29, 1.82) is 0 Å². The van der Waals surface area contributed by atoms with Crippen molar-refractivity contribution in [3.63, 3.8) is 0 Å². The molecule has 1 saturated carbocycles. The van der Waals surface area contributed by atoms with Crippen LogP contribution in [0.5, 0.6) is 0 Å². The highest BCUT2D eigenvalue weighted by atomic mass is 16.2. The lowest BCUT2D eigenvalue weighted by molar-refractivity contribution is -0.118. The molecular formula is C20H20N6O2. The van der Waals surface area contributed by atoms with Gasteiger partial charge in [0.05, 0.1) is 5.69 Å². The Hall–Kier alpha value is -3.55. The Labute approximate surface area is 162 Å².